The summed E-state index contributed by atoms with van der Waals surface area (Å²) < 4.78 is 5.05. The van der Waals surface area contributed by atoms with E-state index in [1.54, 1.807) is 26.2 Å². The highest BCUT2D eigenvalue weighted by atomic mass is 32.1. The molecule has 1 amide bonds. The van der Waals surface area contributed by atoms with Crippen LogP contribution in [0.3, 0.4) is 0 Å². The Hall–Kier alpha value is -1.10. The quantitative estimate of drug-likeness (QED) is 0.780. The van der Waals surface area contributed by atoms with Crippen LogP contribution in [0.5, 0.6) is 0 Å². The average Bonchev–Trinajstić information content (AvgIpc) is 2.30. The molecule has 0 spiro atoms. The zero-order chi connectivity index (χ0) is 10.8. The number of nitrogens with zero attached hydrogens (tertiary/aromatic N) is 1. The molecule has 14 heavy (non-hydrogen) atoms. The van der Waals surface area contributed by atoms with Crippen molar-refractivity contribution in [3.63, 3.8) is 0 Å². The van der Waals surface area contributed by atoms with Crippen molar-refractivity contribution in [1.29, 1.82) is 0 Å². The fourth-order valence-corrected chi connectivity index (χ4v) is 1.37. The maximum Gasteiger partial charge on any atom is 0.413 e. The van der Waals surface area contributed by atoms with E-state index in [0.29, 0.717) is 10.8 Å². The van der Waals surface area contributed by atoms with Crippen LogP contribution < -0.4 is 5.32 Å². The molecule has 1 heterocycles. The molecule has 0 saturated carbocycles. The highest BCUT2D eigenvalue weighted by molar-refractivity contribution is 7.13. The van der Waals surface area contributed by atoms with E-state index < -0.39 is 11.7 Å². The highest BCUT2D eigenvalue weighted by Crippen LogP contribution is 2.16. The van der Waals surface area contributed by atoms with Gasteiger partial charge in [0, 0.05) is 5.38 Å². The van der Waals surface area contributed by atoms with Crippen LogP contribution in [-0.2, 0) is 4.74 Å². The van der Waals surface area contributed by atoms with Crippen LogP contribution in [0.25, 0.3) is 0 Å². The number of hydrogen-bond donors (Lipinski definition) is 1. The maximum absolute atomic E-state index is 11.3. The van der Waals surface area contributed by atoms with Gasteiger partial charge in [-0.05, 0) is 27.7 Å². The third kappa shape index (κ3) is 3.74. The third-order valence-corrected chi connectivity index (χ3v) is 1.97. The van der Waals surface area contributed by atoms with Gasteiger partial charge in [-0.3, -0.25) is 5.32 Å². The Kier molecular flexibility index (Phi) is 3.10. The van der Waals surface area contributed by atoms with Crippen molar-refractivity contribution in [3.05, 3.63) is 18.0 Å². The number of carbonyl (C=O) groups excluding carboxylic acids is 1. The molecule has 1 aromatic rings. The summed E-state index contributed by atoms with van der Waals surface area (Å²) in [6.07, 6.45) is -0.494. The maximum atomic E-state index is 11.3. The van der Waals surface area contributed by atoms with Gasteiger partial charge in [0.25, 0.3) is 0 Å². The Morgan fingerprint density at radius 1 is 1.64 bits per heavy atom. The molecule has 1 N–H and O–H groups in total. The van der Waals surface area contributed by atoms with Gasteiger partial charge in [-0.2, -0.15) is 0 Å². The number of thiazole rings is 1. The van der Waals surface area contributed by atoms with Crippen LogP contribution >= 0.6 is 11.3 Å². The van der Waals surface area contributed by atoms with Crippen LogP contribution in [0.4, 0.5) is 9.93 Å². The van der Waals surface area contributed by atoms with Crippen molar-refractivity contribution in [2.75, 3.05) is 5.32 Å². The molecule has 0 saturated heterocycles. The van der Waals surface area contributed by atoms with E-state index >= 15 is 0 Å². The lowest BCUT2D eigenvalue weighted by Crippen LogP contribution is -2.27. The van der Waals surface area contributed by atoms with E-state index in [2.05, 4.69) is 17.2 Å². The lowest BCUT2D eigenvalue weighted by Gasteiger charge is -2.18. The number of rotatable bonds is 1. The average molecular weight is 213 g/mol. The molecule has 0 bridgehead atoms. The summed E-state index contributed by atoms with van der Waals surface area (Å²) >= 11 is 1.32. The largest absolute Gasteiger partial charge is 0.444 e. The number of aromatic nitrogens is 1. The van der Waals surface area contributed by atoms with Gasteiger partial charge < -0.3 is 4.74 Å². The minimum Gasteiger partial charge on any atom is -0.444 e. The summed E-state index contributed by atoms with van der Waals surface area (Å²) in [7, 11) is 0. The zero-order valence-electron chi connectivity index (χ0n) is 8.46. The molecule has 0 aromatic carbocycles. The van der Waals surface area contributed by atoms with Crippen molar-refractivity contribution in [2.45, 2.75) is 26.4 Å². The van der Waals surface area contributed by atoms with Crippen LogP contribution in [0.15, 0.2) is 5.38 Å². The number of hydrogen-bond acceptors (Lipinski definition) is 4. The normalized spacial score (nSPS) is 11.1. The Morgan fingerprint density at radius 3 is 2.71 bits per heavy atom. The molecule has 0 aliphatic rings. The van der Waals surface area contributed by atoms with Crippen LogP contribution in [0.2, 0.25) is 0 Å². The molecular formula is C9H13N2O2S. The van der Waals surface area contributed by atoms with E-state index in [1.165, 1.54) is 11.3 Å². The van der Waals surface area contributed by atoms with Gasteiger partial charge in [0.2, 0.25) is 0 Å². The van der Waals surface area contributed by atoms with E-state index in [-0.39, 0.29) is 0 Å². The highest BCUT2D eigenvalue weighted by Gasteiger charge is 2.16. The molecule has 77 valence electrons. The topological polar surface area (TPSA) is 51.2 Å². The van der Waals surface area contributed by atoms with Gasteiger partial charge in [0.05, 0.1) is 5.69 Å². The Labute approximate surface area is 87.3 Å². The van der Waals surface area contributed by atoms with E-state index in [0.717, 1.165) is 0 Å². The standard InChI is InChI=1S/C9H13N2O2S/c1-6-5-14-7(10-6)11-8(12)13-9(2,3)4/h5H,1H2,2-4H3,(H,10,11,12). The Morgan fingerprint density at radius 2 is 2.29 bits per heavy atom. The number of amides is 1. The third-order valence-electron chi connectivity index (χ3n) is 1.16. The summed E-state index contributed by atoms with van der Waals surface area (Å²) in [5.74, 6) is 0. The fourth-order valence-electron chi connectivity index (χ4n) is 0.755. The Bertz CT molecular complexity index is 328. The molecule has 1 rings (SSSR count). The van der Waals surface area contributed by atoms with Crippen molar-refractivity contribution >= 4 is 22.6 Å². The summed E-state index contributed by atoms with van der Waals surface area (Å²) in [6.45, 7) is 9.05. The predicted molar refractivity (Wildman–Crippen MR) is 56.4 cm³/mol. The monoisotopic (exact) mass is 213 g/mol. The lowest BCUT2D eigenvalue weighted by atomic mass is 10.2. The smallest absolute Gasteiger partial charge is 0.413 e. The molecule has 0 aliphatic carbocycles. The van der Waals surface area contributed by atoms with Crippen molar-refractivity contribution in [1.82, 2.24) is 4.98 Å². The lowest BCUT2D eigenvalue weighted by molar-refractivity contribution is 0.0636. The minimum absolute atomic E-state index is 0.491. The number of nitrogens with one attached hydrogen (secondary N) is 1. The van der Waals surface area contributed by atoms with Crippen molar-refractivity contribution in [2.24, 2.45) is 0 Å². The second-order valence-corrected chi connectivity index (χ2v) is 4.63. The van der Waals surface area contributed by atoms with Crippen LogP contribution in [-0.4, -0.2) is 16.7 Å². The first-order chi connectivity index (χ1) is 6.37. The van der Waals surface area contributed by atoms with Crippen molar-refractivity contribution in [3.8, 4) is 0 Å². The van der Waals surface area contributed by atoms with E-state index in [9.17, 15) is 4.79 Å². The first kappa shape index (κ1) is 11.0. The summed E-state index contributed by atoms with van der Waals surface area (Å²) in [5.41, 5.74) is 0.148. The molecule has 0 unspecified atom stereocenters. The first-order valence-electron chi connectivity index (χ1n) is 4.14. The van der Waals surface area contributed by atoms with Gasteiger partial charge in [-0.15, -0.1) is 11.3 Å². The molecule has 5 heteroatoms. The van der Waals surface area contributed by atoms with Gasteiger partial charge in [0.15, 0.2) is 5.13 Å². The SMILES string of the molecule is [CH2]c1csc(NC(=O)OC(C)(C)C)n1. The van der Waals surface area contributed by atoms with Gasteiger partial charge >= 0.3 is 6.09 Å². The molecular weight excluding hydrogens is 200 g/mol. The van der Waals surface area contributed by atoms with Crippen molar-refractivity contribution < 1.29 is 9.53 Å². The molecule has 0 atom stereocenters. The second kappa shape index (κ2) is 3.96. The van der Waals surface area contributed by atoms with Gasteiger partial charge in [-0.1, -0.05) is 0 Å². The molecule has 1 radical (unpaired) electrons. The summed E-state index contributed by atoms with van der Waals surface area (Å²) in [4.78, 5) is 15.2. The first-order valence-corrected chi connectivity index (χ1v) is 5.02. The summed E-state index contributed by atoms with van der Waals surface area (Å²) in [5, 5.41) is 4.79. The number of anilines is 1. The fraction of sp³-hybridized carbons (Fsp3) is 0.444. The second-order valence-electron chi connectivity index (χ2n) is 3.77. The number of carbonyl (C=O) groups is 1. The summed E-state index contributed by atoms with van der Waals surface area (Å²) in [6, 6.07) is 0. The van der Waals surface area contributed by atoms with E-state index in [4.69, 9.17) is 4.74 Å². The van der Waals surface area contributed by atoms with Gasteiger partial charge in [0.1, 0.15) is 5.60 Å². The molecule has 4 nitrogen and oxygen atoms in total. The van der Waals surface area contributed by atoms with Crippen LogP contribution in [0.1, 0.15) is 26.5 Å². The number of ether oxygens (including phenoxy) is 1. The molecule has 0 fully saturated rings. The molecule has 1 aromatic heterocycles. The van der Waals surface area contributed by atoms with E-state index in [1.807, 2.05) is 0 Å². The van der Waals surface area contributed by atoms with Gasteiger partial charge in [-0.25, -0.2) is 9.78 Å². The Balaban J connectivity index is 2.50. The zero-order valence-corrected chi connectivity index (χ0v) is 9.27. The minimum atomic E-state index is -0.494. The predicted octanol–water partition coefficient (Wildman–Crippen LogP) is 2.67. The molecule has 0 aliphatic heterocycles. The van der Waals surface area contributed by atoms with Crippen LogP contribution in [0, 0.1) is 6.92 Å².